The fraction of sp³-hybridized carbons (Fsp3) is 0.286. The topological polar surface area (TPSA) is 48.1 Å². The monoisotopic (exact) mass is 318 g/mol. The van der Waals surface area contributed by atoms with Gasteiger partial charge in [0.2, 0.25) is 5.88 Å². The largest absolute Gasteiger partial charge is 0.574 e. The fourth-order valence-electron chi connectivity index (χ4n) is 0.812. The Balaban J connectivity index is 2.92. The van der Waals surface area contributed by atoms with E-state index < -0.39 is 12.2 Å². The molecule has 0 aliphatic heterocycles. The summed E-state index contributed by atoms with van der Waals surface area (Å²) in [6.45, 7) is 0.146. The number of aromatic nitrogens is 1. The zero-order valence-corrected chi connectivity index (χ0v) is 8.96. The van der Waals surface area contributed by atoms with Crippen LogP contribution in [0, 0.1) is 3.70 Å². The Hall–Kier alpha value is -0.570. The molecule has 3 nitrogen and oxygen atoms in total. The number of nitrogens with two attached hydrogens (primary N) is 1. The first-order valence-electron chi connectivity index (χ1n) is 3.53. The van der Waals surface area contributed by atoms with E-state index in [2.05, 4.69) is 9.72 Å². The van der Waals surface area contributed by atoms with Crippen molar-refractivity contribution in [1.29, 1.82) is 0 Å². The van der Waals surface area contributed by atoms with Crippen molar-refractivity contribution in [1.82, 2.24) is 4.98 Å². The Labute approximate surface area is 91.6 Å². The minimum Gasteiger partial charge on any atom is -0.388 e. The Morgan fingerprint density at radius 1 is 1.43 bits per heavy atom. The molecule has 2 N–H and O–H groups in total. The van der Waals surface area contributed by atoms with E-state index in [1.165, 1.54) is 0 Å². The third-order valence-electron chi connectivity index (χ3n) is 1.29. The molecule has 0 fully saturated rings. The average Bonchev–Trinajstić information content (AvgIpc) is 1.99. The molecular weight excluding hydrogens is 312 g/mol. The zero-order valence-electron chi connectivity index (χ0n) is 6.81. The molecule has 0 spiro atoms. The van der Waals surface area contributed by atoms with Crippen LogP contribution in [0.4, 0.5) is 13.2 Å². The number of halogens is 4. The predicted molar refractivity (Wildman–Crippen MR) is 51.5 cm³/mol. The number of alkyl halides is 3. The Morgan fingerprint density at radius 3 is 2.57 bits per heavy atom. The van der Waals surface area contributed by atoms with Gasteiger partial charge in [-0.15, -0.1) is 13.2 Å². The van der Waals surface area contributed by atoms with Gasteiger partial charge < -0.3 is 10.5 Å². The SMILES string of the molecule is NCc1cc(I)nc(OC(F)(F)F)c1. The molecule has 78 valence electrons. The van der Waals surface area contributed by atoms with Crippen molar-refractivity contribution in [2.45, 2.75) is 12.9 Å². The lowest BCUT2D eigenvalue weighted by Gasteiger charge is -2.08. The maximum absolute atomic E-state index is 11.8. The summed E-state index contributed by atoms with van der Waals surface area (Å²) in [5.41, 5.74) is 5.83. The van der Waals surface area contributed by atoms with Gasteiger partial charge in [0.25, 0.3) is 0 Å². The molecule has 0 aromatic carbocycles. The molecule has 0 amide bonds. The predicted octanol–water partition coefficient (Wildman–Crippen LogP) is 2.04. The molecule has 14 heavy (non-hydrogen) atoms. The van der Waals surface area contributed by atoms with E-state index >= 15 is 0 Å². The Kier molecular flexibility index (Phi) is 3.53. The standard InChI is InChI=1S/C7H6F3IN2O/c8-7(9,10)14-6-2-4(3-12)1-5(11)13-6/h1-2H,3,12H2. The number of pyridine rings is 1. The summed E-state index contributed by atoms with van der Waals surface area (Å²) in [7, 11) is 0. The second-order valence-corrected chi connectivity index (χ2v) is 3.49. The van der Waals surface area contributed by atoms with Gasteiger partial charge in [-0.1, -0.05) is 0 Å². The Bertz CT molecular complexity index is 329. The number of rotatable bonds is 2. The van der Waals surface area contributed by atoms with Crippen LogP contribution in [-0.4, -0.2) is 11.3 Å². The molecule has 0 bridgehead atoms. The molecule has 0 radical (unpaired) electrons. The first-order valence-corrected chi connectivity index (χ1v) is 4.61. The van der Waals surface area contributed by atoms with Gasteiger partial charge in [-0.2, -0.15) is 0 Å². The molecule has 0 saturated heterocycles. The summed E-state index contributed by atoms with van der Waals surface area (Å²) in [6, 6.07) is 2.75. The van der Waals surface area contributed by atoms with E-state index in [-0.39, 0.29) is 6.54 Å². The van der Waals surface area contributed by atoms with Crippen molar-refractivity contribution in [3.63, 3.8) is 0 Å². The summed E-state index contributed by atoms with van der Waals surface area (Å²) in [6.07, 6.45) is -4.72. The van der Waals surface area contributed by atoms with Crippen LogP contribution in [0.5, 0.6) is 5.88 Å². The number of nitrogens with zero attached hydrogens (tertiary/aromatic N) is 1. The van der Waals surface area contributed by atoms with E-state index in [0.29, 0.717) is 9.26 Å². The van der Waals surface area contributed by atoms with Gasteiger partial charge in [-0.3, -0.25) is 0 Å². The van der Waals surface area contributed by atoms with Crippen LogP contribution < -0.4 is 10.5 Å². The molecule has 0 aliphatic rings. The minimum atomic E-state index is -4.72. The van der Waals surface area contributed by atoms with E-state index in [1.54, 1.807) is 28.7 Å². The van der Waals surface area contributed by atoms with Crippen molar-refractivity contribution in [2.24, 2.45) is 5.73 Å². The molecule has 0 unspecified atom stereocenters. The second-order valence-electron chi connectivity index (χ2n) is 2.39. The van der Waals surface area contributed by atoms with Gasteiger partial charge in [-0.05, 0) is 34.2 Å². The van der Waals surface area contributed by atoms with Crippen LogP contribution in [0.25, 0.3) is 0 Å². The number of hydrogen-bond acceptors (Lipinski definition) is 3. The maximum atomic E-state index is 11.8. The Morgan fingerprint density at radius 2 is 2.07 bits per heavy atom. The van der Waals surface area contributed by atoms with Gasteiger partial charge in [0.15, 0.2) is 0 Å². The lowest BCUT2D eigenvalue weighted by molar-refractivity contribution is -0.276. The molecular formula is C7H6F3IN2O. The number of hydrogen-bond donors (Lipinski definition) is 1. The number of ether oxygens (including phenoxy) is 1. The van der Waals surface area contributed by atoms with Gasteiger partial charge in [0.1, 0.15) is 3.70 Å². The third kappa shape index (κ3) is 3.66. The molecule has 1 aromatic heterocycles. The van der Waals surface area contributed by atoms with E-state index in [9.17, 15) is 13.2 Å². The lowest BCUT2D eigenvalue weighted by atomic mass is 10.3. The third-order valence-corrected chi connectivity index (χ3v) is 1.84. The highest BCUT2D eigenvalue weighted by Crippen LogP contribution is 2.22. The normalized spacial score (nSPS) is 11.5. The second kappa shape index (κ2) is 4.30. The van der Waals surface area contributed by atoms with Gasteiger partial charge in [0.05, 0.1) is 0 Å². The quantitative estimate of drug-likeness (QED) is 0.671. The van der Waals surface area contributed by atoms with Crippen LogP contribution in [0.2, 0.25) is 0 Å². The summed E-state index contributed by atoms with van der Waals surface area (Å²) < 4.78 is 39.5. The average molecular weight is 318 g/mol. The molecule has 0 aliphatic carbocycles. The van der Waals surface area contributed by atoms with E-state index in [1.807, 2.05) is 0 Å². The molecule has 7 heteroatoms. The first-order chi connectivity index (χ1) is 6.40. The summed E-state index contributed by atoms with van der Waals surface area (Å²) >= 11 is 1.79. The summed E-state index contributed by atoms with van der Waals surface area (Å²) in [5, 5.41) is 0. The molecule has 0 atom stereocenters. The van der Waals surface area contributed by atoms with Crippen molar-refractivity contribution in [3.8, 4) is 5.88 Å². The van der Waals surface area contributed by atoms with Crippen molar-refractivity contribution in [2.75, 3.05) is 0 Å². The van der Waals surface area contributed by atoms with Crippen LogP contribution in [0.1, 0.15) is 5.56 Å². The molecule has 0 saturated carbocycles. The summed E-state index contributed by atoms with van der Waals surface area (Å²) in [5.74, 6) is -0.482. The van der Waals surface area contributed by atoms with Crippen LogP contribution in [0.3, 0.4) is 0 Å². The first kappa shape index (κ1) is 11.5. The highest BCUT2D eigenvalue weighted by atomic mass is 127. The van der Waals surface area contributed by atoms with Gasteiger partial charge in [-0.25, -0.2) is 4.98 Å². The van der Waals surface area contributed by atoms with Crippen LogP contribution in [-0.2, 0) is 6.54 Å². The van der Waals surface area contributed by atoms with Crippen molar-refractivity contribution < 1.29 is 17.9 Å². The lowest BCUT2D eigenvalue weighted by Crippen LogP contribution is -2.18. The van der Waals surface area contributed by atoms with Gasteiger partial charge >= 0.3 is 6.36 Å². The summed E-state index contributed by atoms with van der Waals surface area (Å²) in [4.78, 5) is 3.56. The fourth-order valence-corrected chi connectivity index (χ4v) is 1.45. The maximum Gasteiger partial charge on any atom is 0.574 e. The molecule has 1 rings (SSSR count). The molecule has 1 aromatic rings. The highest BCUT2D eigenvalue weighted by Gasteiger charge is 2.31. The molecule has 1 heterocycles. The van der Waals surface area contributed by atoms with E-state index in [0.717, 1.165) is 6.07 Å². The zero-order chi connectivity index (χ0) is 10.8. The van der Waals surface area contributed by atoms with E-state index in [4.69, 9.17) is 5.73 Å². The smallest absolute Gasteiger partial charge is 0.388 e. The van der Waals surface area contributed by atoms with Crippen LogP contribution >= 0.6 is 22.6 Å². The van der Waals surface area contributed by atoms with Crippen molar-refractivity contribution in [3.05, 3.63) is 21.4 Å². The minimum absolute atomic E-state index is 0.146. The van der Waals surface area contributed by atoms with Gasteiger partial charge in [0, 0.05) is 12.6 Å². The van der Waals surface area contributed by atoms with Crippen LogP contribution in [0.15, 0.2) is 12.1 Å². The highest BCUT2D eigenvalue weighted by molar-refractivity contribution is 14.1. The van der Waals surface area contributed by atoms with Crippen molar-refractivity contribution >= 4 is 22.6 Å².